The van der Waals surface area contributed by atoms with Gasteiger partial charge in [-0.15, -0.1) is 20.4 Å². The standard InChI is InChI=1S/C26H34B3N11O3/c1-16-6-7-21(35-33-16)31-22-14-19(23(37-36-22)25(41)32-26(27,28)29)30-18-5-3-4-17(24(18)42-2)20-15-40(38-34-20)9-8-39-10-12-43-13-11-39/h3-7,14-15H,8-13,27-29H2,1-2H3,(H,32,41)(H2,30,31,35,36). The van der Waals surface area contributed by atoms with Crippen molar-refractivity contribution in [3.05, 3.63) is 54.0 Å². The number of anilines is 4. The van der Waals surface area contributed by atoms with Crippen LogP contribution in [0.1, 0.15) is 16.2 Å². The number of benzene rings is 1. The molecule has 1 aliphatic heterocycles. The number of ether oxygens (including phenoxy) is 2. The lowest BCUT2D eigenvalue weighted by Crippen LogP contribution is -2.50. The number of hydrogen-bond acceptors (Lipinski definition) is 12. The Hall–Kier alpha value is -4.50. The summed E-state index contributed by atoms with van der Waals surface area (Å²) in [7, 11) is 7.29. The zero-order chi connectivity index (χ0) is 30.4. The van der Waals surface area contributed by atoms with Crippen molar-refractivity contribution in [2.45, 2.75) is 18.7 Å². The largest absolute Gasteiger partial charge is 0.494 e. The summed E-state index contributed by atoms with van der Waals surface area (Å²) in [6.07, 6.45) is 1.91. The van der Waals surface area contributed by atoms with Gasteiger partial charge >= 0.3 is 0 Å². The fraction of sp³-hybridized carbons (Fsp3) is 0.346. The molecule has 1 fully saturated rings. The highest BCUT2D eigenvalue weighted by molar-refractivity contribution is 6.60. The summed E-state index contributed by atoms with van der Waals surface area (Å²) >= 11 is 0. The molecule has 1 amide bonds. The molecule has 3 aromatic heterocycles. The Kier molecular flexibility index (Phi) is 9.21. The number of rotatable bonds is 11. The van der Waals surface area contributed by atoms with Gasteiger partial charge in [0.05, 0.1) is 50.1 Å². The highest BCUT2D eigenvalue weighted by Crippen LogP contribution is 2.37. The minimum atomic E-state index is -0.477. The molecule has 0 saturated carbocycles. The summed E-state index contributed by atoms with van der Waals surface area (Å²) in [6.45, 7) is 6.77. The van der Waals surface area contributed by atoms with Crippen molar-refractivity contribution in [1.82, 2.24) is 45.6 Å². The van der Waals surface area contributed by atoms with Crippen molar-refractivity contribution in [3.63, 3.8) is 0 Å². The molecule has 1 saturated heterocycles. The van der Waals surface area contributed by atoms with Crippen LogP contribution in [0.4, 0.5) is 23.0 Å². The fourth-order valence-electron chi connectivity index (χ4n) is 4.51. The molecule has 4 aromatic rings. The number of carbonyl (C=O) groups excluding carboxylic acids is 1. The van der Waals surface area contributed by atoms with Crippen molar-refractivity contribution in [2.75, 3.05) is 50.6 Å². The molecule has 1 aromatic carbocycles. The molecule has 5 rings (SSSR count). The summed E-state index contributed by atoms with van der Waals surface area (Å²) in [5.41, 5.74) is 3.36. The van der Waals surface area contributed by atoms with Gasteiger partial charge in [-0.25, -0.2) is 0 Å². The molecule has 220 valence electrons. The normalized spacial score (nSPS) is 13.8. The second-order valence-electron chi connectivity index (χ2n) is 11.2. The third-order valence-electron chi connectivity index (χ3n) is 6.60. The lowest BCUT2D eigenvalue weighted by atomic mass is 9.49. The van der Waals surface area contributed by atoms with Crippen molar-refractivity contribution in [1.29, 1.82) is 0 Å². The number of amides is 1. The van der Waals surface area contributed by atoms with Gasteiger partial charge in [-0.1, -0.05) is 11.3 Å². The van der Waals surface area contributed by atoms with Gasteiger partial charge in [0.15, 0.2) is 23.1 Å². The zero-order valence-corrected chi connectivity index (χ0v) is 25.1. The van der Waals surface area contributed by atoms with Crippen LogP contribution in [-0.2, 0) is 11.3 Å². The molecule has 14 nitrogen and oxygen atoms in total. The molecule has 0 radical (unpaired) electrons. The number of aryl methyl sites for hydroxylation is 1. The van der Waals surface area contributed by atoms with E-state index >= 15 is 0 Å². The number of methoxy groups -OCH3 is 1. The molecule has 0 unspecified atom stereocenters. The van der Waals surface area contributed by atoms with E-state index in [1.54, 1.807) is 19.2 Å². The van der Waals surface area contributed by atoms with E-state index in [1.165, 1.54) is 0 Å². The summed E-state index contributed by atoms with van der Waals surface area (Å²) in [5.74, 6) is 1.04. The van der Waals surface area contributed by atoms with E-state index in [1.807, 2.05) is 65.6 Å². The van der Waals surface area contributed by atoms with Crippen molar-refractivity contribution >= 4 is 52.5 Å². The van der Waals surface area contributed by atoms with Crippen LogP contribution in [0, 0.1) is 6.92 Å². The van der Waals surface area contributed by atoms with Gasteiger partial charge in [-0.3, -0.25) is 14.4 Å². The summed E-state index contributed by atoms with van der Waals surface area (Å²) in [6, 6.07) is 11.0. The van der Waals surface area contributed by atoms with Crippen LogP contribution in [0.15, 0.2) is 42.6 Å². The van der Waals surface area contributed by atoms with Gasteiger partial charge in [0.2, 0.25) is 0 Å². The minimum Gasteiger partial charge on any atom is -0.494 e. The molecule has 0 atom stereocenters. The van der Waals surface area contributed by atoms with Crippen LogP contribution in [-0.4, -0.2) is 115 Å². The first kappa shape index (κ1) is 30.0. The van der Waals surface area contributed by atoms with Crippen LogP contribution in [0.2, 0.25) is 0 Å². The second kappa shape index (κ2) is 13.2. The third-order valence-corrected chi connectivity index (χ3v) is 6.60. The SMILES string of the molecule is BC(B)(B)NC(=O)c1nnc(Nc2ccc(C)nn2)cc1Nc1cccc(-c2cn(CCN3CCOCC3)nn2)c1OC. The van der Waals surface area contributed by atoms with E-state index in [0.717, 1.165) is 44.1 Å². The van der Waals surface area contributed by atoms with E-state index in [2.05, 4.69) is 51.6 Å². The zero-order valence-electron chi connectivity index (χ0n) is 25.1. The molecule has 0 bridgehead atoms. The predicted molar refractivity (Wildman–Crippen MR) is 170 cm³/mol. The Balaban J connectivity index is 1.42. The van der Waals surface area contributed by atoms with E-state index in [-0.39, 0.29) is 11.6 Å². The van der Waals surface area contributed by atoms with Gasteiger partial charge < -0.3 is 25.4 Å². The predicted octanol–water partition coefficient (Wildman–Crippen LogP) is -1.10. The van der Waals surface area contributed by atoms with Crippen molar-refractivity contribution in [3.8, 4) is 17.0 Å². The lowest BCUT2D eigenvalue weighted by molar-refractivity contribution is 0.0359. The Morgan fingerprint density at radius 1 is 0.977 bits per heavy atom. The average Bonchev–Trinajstić information content (AvgIpc) is 3.46. The minimum absolute atomic E-state index is 0.122. The van der Waals surface area contributed by atoms with Gasteiger partial charge in [-0.2, -0.15) is 5.10 Å². The molecule has 3 N–H and O–H groups in total. The molecule has 17 heteroatoms. The summed E-state index contributed by atoms with van der Waals surface area (Å²) < 4.78 is 13.1. The first-order chi connectivity index (χ1) is 20.7. The maximum Gasteiger partial charge on any atom is 0.272 e. The smallest absolute Gasteiger partial charge is 0.272 e. The monoisotopic (exact) mass is 581 g/mol. The number of aromatic nitrogens is 7. The lowest BCUT2D eigenvalue weighted by Gasteiger charge is -2.26. The number of morpholine rings is 1. The average molecular weight is 581 g/mol. The Morgan fingerprint density at radius 3 is 2.49 bits per heavy atom. The topological polar surface area (TPSA) is 157 Å². The molecular weight excluding hydrogens is 547 g/mol. The Morgan fingerprint density at radius 2 is 1.77 bits per heavy atom. The van der Waals surface area contributed by atoms with Crippen LogP contribution >= 0.6 is 0 Å². The quantitative estimate of drug-likeness (QED) is 0.184. The van der Waals surface area contributed by atoms with Crippen molar-refractivity contribution in [2.24, 2.45) is 0 Å². The molecule has 1 aliphatic rings. The van der Waals surface area contributed by atoms with E-state index < -0.39 is 5.24 Å². The number of nitrogens with one attached hydrogen (secondary N) is 3. The Bertz CT molecular complexity index is 1560. The first-order valence-electron chi connectivity index (χ1n) is 14.1. The van der Waals surface area contributed by atoms with Gasteiger partial charge in [0.25, 0.3) is 5.91 Å². The van der Waals surface area contributed by atoms with Gasteiger partial charge in [-0.05, 0) is 36.4 Å². The highest BCUT2D eigenvalue weighted by atomic mass is 16.5. The molecule has 0 aliphatic carbocycles. The highest BCUT2D eigenvalue weighted by Gasteiger charge is 2.23. The number of nitrogens with zero attached hydrogens (tertiary/aromatic N) is 8. The number of para-hydroxylation sites is 1. The number of hydrogen-bond donors (Lipinski definition) is 3. The van der Waals surface area contributed by atoms with E-state index in [4.69, 9.17) is 9.47 Å². The molecule has 0 spiro atoms. The van der Waals surface area contributed by atoms with E-state index in [9.17, 15) is 4.79 Å². The van der Waals surface area contributed by atoms with Crippen LogP contribution in [0.25, 0.3) is 11.3 Å². The van der Waals surface area contributed by atoms with Gasteiger partial charge in [0.1, 0.15) is 29.2 Å². The maximum atomic E-state index is 13.2. The van der Waals surface area contributed by atoms with Gasteiger partial charge in [0, 0.05) is 31.3 Å². The van der Waals surface area contributed by atoms with Crippen molar-refractivity contribution < 1.29 is 14.3 Å². The molecule has 43 heavy (non-hydrogen) atoms. The number of carbonyl (C=O) groups is 1. The summed E-state index contributed by atoms with van der Waals surface area (Å²) in [4.78, 5) is 15.6. The van der Waals surface area contributed by atoms with Crippen LogP contribution in [0.3, 0.4) is 0 Å². The maximum absolute atomic E-state index is 13.2. The van der Waals surface area contributed by atoms with Crippen LogP contribution < -0.4 is 20.7 Å². The first-order valence-corrected chi connectivity index (χ1v) is 14.1. The van der Waals surface area contributed by atoms with E-state index in [0.29, 0.717) is 41.0 Å². The summed E-state index contributed by atoms with van der Waals surface area (Å²) in [5, 5.41) is 34.3. The third kappa shape index (κ3) is 7.87. The van der Waals surface area contributed by atoms with Crippen LogP contribution in [0.5, 0.6) is 5.75 Å². The molecule has 4 heterocycles. The molecular formula is C26H34B3N11O3. The second-order valence-corrected chi connectivity index (χ2v) is 11.2. The fourth-order valence-corrected chi connectivity index (χ4v) is 4.51. The Labute approximate surface area is 252 Å².